The zero-order valence-corrected chi connectivity index (χ0v) is 14.5. The van der Waals surface area contributed by atoms with E-state index in [1.807, 2.05) is 0 Å². The number of rotatable bonds is 10. The summed E-state index contributed by atoms with van der Waals surface area (Å²) in [5, 5.41) is 14.1. The van der Waals surface area contributed by atoms with Gasteiger partial charge in [0.2, 0.25) is 17.7 Å². The lowest BCUT2D eigenvalue weighted by Crippen LogP contribution is -2.53. The van der Waals surface area contributed by atoms with Gasteiger partial charge >= 0.3 is 5.97 Å². The van der Waals surface area contributed by atoms with Crippen LogP contribution < -0.4 is 22.1 Å². The van der Waals surface area contributed by atoms with Crippen molar-refractivity contribution < 1.29 is 24.3 Å². The fraction of sp³-hybridized carbons (Fsp3) is 0.412. The summed E-state index contributed by atoms with van der Waals surface area (Å²) in [4.78, 5) is 46.1. The lowest BCUT2D eigenvalue weighted by atomic mass is 10.1. The van der Waals surface area contributed by atoms with Crippen LogP contribution in [0, 0.1) is 0 Å². The molecule has 0 bridgehead atoms. The van der Waals surface area contributed by atoms with Gasteiger partial charge in [-0.2, -0.15) is 0 Å². The highest BCUT2D eigenvalue weighted by Crippen LogP contribution is 2.04. The first-order chi connectivity index (χ1) is 12.2. The summed E-state index contributed by atoms with van der Waals surface area (Å²) in [7, 11) is 0. The Bertz CT molecular complexity index is 650. The van der Waals surface area contributed by atoms with Crippen molar-refractivity contribution in [2.24, 2.45) is 11.5 Å². The standard InChI is InChI=1S/C17H24N4O5/c1-10(20-16(24)12(18)7-8-14(19)22)15(23)21-13(17(25)26)9-11-5-3-2-4-6-11/h2-6,10,12-13H,7-9,18H2,1H3,(H2,19,22)(H,20,24)(H,21,23)(H,25,26). The highest BCUT2D eigenvalue weighted by atomic mass is 16.4. The molecule has 3 amide bonds. The Kier molecular flexibility index (Phi) is 8.23. The van der Waals surface area contributed by atoms with Gasteiger partial charge in [-0.05, 0) is 18.9 Å². The molecule has 0 saturated carbocycles. The quantitative estimate of drug-likeness (QED) is 0.353. The van der Waals surface area contributed by atoms with E-state index >= 15 is 0 Å². The Balaban J connectivity index is 2.58. The van der Waals surface area contributed by atoms with Crippen molar-refractivity contribution in [1.82, 2.24) is 10.6 Å². The minimum atomic E-state index is -1.18. The molecule has 0 aliphatic carbocycles. The molecule has 0 aliphatic heterocycles. The van der Waals surface area contributed by atoms with Gasteiger partial charge < -0.3 is 27.2 Å². The summed E-state index contributed by atoms with van der Waals surface area (Å²) in [5.41, 5.74) is 11.4. The lowest BCUT2D eigenvalue weighted by Gasteiger charge is -2.20. The van der Waals surface area contributed by atoms with Crippen molar-refractivity contribution in [3.8, 4) is 0 Å². The van der Waals surface area contributed by atoms with Gasteiger partial charge in [-0.25, -0.2) is 4.79 Å². The molecule has 9 nitrogen and oxygen atoms in total. The Labute approximate surface area is 151 Å². The molecular weight excluding hydrogens is 340 g/mol. The third kappa shape index (κ3) is 7.31. The van der Waals surface area contributed by atoms with Gasteiger partial charge in [0.05, 0.1) is 6.04 Å². The smallest absolute Gasteiger partial charge is 0.326 e. The van der Waals surface area contributed by atoms with E-state index in [0.29, 0.717) is 0 Å². The minimum Gasteiger partial charge on any atom is -0.480 e. The number of carbonyl (C=O) groups excluding carboxylic acids is 3. The van der Waals surface area contributed by atoms with Gasteiger partial charge in [0.1, 0.15) is 12.1 Å². The molecular formula is C17H24N4O5. The maximum absolute atomic E-state index is 12.2. The number of aliphatic carboxylic acids is 1. The molecule has 0 heterocycles. The first-order valence-electron chi connectivity index (χ1n) is 8.12. The van der Waals surface area contributed by atoms with Crippen LogP contribution in [0.15, 0.2) is 30.3 Å². The molecule has 0 spiro atoms. The topological polar surface area (TPSA) is 165 Å². The predicted molar refractivity (Wildman–Crippen MR) is 93.7 cm³/mol. The largest absolute Gasteiger partial charge is 0.480 e. The summed E-state index contributed by atoms with van der Waals surface area (Å²) in [6.45, 7) is 1.41. The number of nitrogens with one attached hydrogen (secondary N) is 2. The summed E-state index contributed by atoms with van der Waals surface area (Å²) < 4.78 is 0. The average molecular weight is 364 g/mol. The van der Waals surface area contributed by atoms with Crippen LogP contribution in [-0.2, 0) is 25.6 Å². The van der Waals surface area contributed by atoms with Crippen molar-refractivity contribution in [1.29, 1.82) is 0 Å². The number of benzene rings is 1. The van der Waals surface area contributed by atoms with Crippen LogP contribution in [0.5, 0.6) is 0 Å². The fourth-order valence-electron chi connectivity index (χ4n) is 2.16. The lowest BCUT2D eigenvalue weighted by molar-refractivity contribution is -0.142. The SMILES string of the molecule is CC(NC(=O)C(N)CCC(N)=O)C(=O)NC(Cc1ccccc1)C(=O)O. The predicted octanol–water partition coefficient (Wildman–Crippen LogP) is -1.10. The molecule has 0 saturated heterocycles. The Morgan fingerprint density at radius 2 is 1.69 bits per heavy atom. The average Bonchev–Trinajstić information content (AvgIpc) is 2.59. The van der Waals surface area contributed by atoms with E-state index in [4.69, 9.17) is 11.5 Å². The summed E-state index contributed by atoms with van der Waals surface area (Å²) in [6, 6.07) is 5.75. The van der Waals surface area contributed by atoms with E-state index in [0.717, 1.165) is 5.56 Å². The maximum Gasteiger partial charge on any atom is 0.326 e. The fourth-order valence-corrected chi connectivity index (χ4v) is 2.16. The van der Waals surface area contributed by atoms with Gasteiger partial charge in [-0.1, -0.05) is 30.3 Å². The molecule has 0 aromatic heterocycles. The van der Waals surface area contributed by atoms with Crippen LogP contribution in [0.1, 0.15) is 25.3 Å². The molecule has 0 radical (unpaired) electrons. The van der Waals surface area contributed by atoms with Crippen molar-refractivity contribution in [2.45, 2.75) is 44.3 Å². The van der Waals surface area contributed by atoms with Crippen LogP contribution in [0.4, 0.5) is 0 Å². The second-order valence-electron chi connectivity index (χ2n) is 5.93. The molecule has 9 heteroatoms. The number of primary amides is 1. The molecule has 1 aromatic rings. The summed E-state index contributed by atoms with van der Waals surface area (Å²) >= 11 is 0. The number of carbonyl (C=O) groups is 4. The first-order valence-corrected chi connectivity index (χ1v) is 8.12. The number of hydrogen-bond acceptors (Lipinski definition) is 5. The van der Waals surface area contributed by atoms with E-state index in [1.165, 1.54) is 6.92 Å². The minimum absolute atomic E-state index is 0.0483. The third-order valence-corrected chi connectivity index (χ3v) is 3.69. The van der Waals surface area contributed by atoms with Crippen molar-refractivity contribution in [3.63, 3.8) is 0 Å². The number of nitrogens with two attached hydrogens (primary N) is 2. The molecule has 0 aliphatic rings. The van der Waals surface area contributed by atoms with Crippen molar-refractivity contribution >= 4 is 23.7 Å². The molecule has 142 valence electrons. The Morgan fingerprint density at radius 3 is 2.23 bits per heavy atom. The van der Waals surface area contributed by atoms with Crippen molar-refractivity contribution in [2.75, 3.05) is 0 Å². The summed E-state index contributed by atoms with van der Waals surface area (Å²) in [5.74, 6) is -3.03. The normalized spacial score (nSPS) is 13.9. The number of carboxylic acids is 1. The monoisotopic (exact) mass is 364 g/mol. The van der Waals surface area contributed by atoms with Gasteiger partial charge in [-0.3, -0.25) is 14.4 Å². The van der Waals surface area contributed by atoms with Crippen LogP contribution >= 0.6 is 0 Å². The van der Waals surface area contributed by atoms with Crippen LogP contribution in [0.2, 0.25) is 0 Å². The maximum atomic E-state index is 12.2. The van der Waals surface area contributed by atoms with E-state index in [9.17, 15) is 24.3 Å². The second-order valence-corrected chi connectivity index (χ2v) is 5.93. The third-order valence-electron chi connectivity index (χ3n) is 3.69. The van der Waals surface area contributed by atoms with Crippen LogP contribution in [0.3, 0.4) is 0 Å². The number of amides is 3. The number of hydrogen-bond donors (Lipinski definition) is 5. The van der Waals surface area contributed by atoms with E-state index in [2.05, 4.69) is 10.6 Å². The van der Waals surface area contributed by atoms with Crippen LogP contribution in [-0.4, -0.2) is 46.9 Å². The second kappa shape index (κ2) is 10.1. The van der Waals surface area contributed by atoms with Gasteiger partial charge in [0, 0.05) is 12.8 Å². The highest BCUT2D eigenvalue weighted by molar-refractivity contribution is 5.91. The molecule has 26 heavy (non-hydrogen) atoms. The summed E-state index contributed by atoms with van der Waals surface area (Å²) in [6.07, 6.45) is 0.120. The zero-order chi connectivity index (χ0) is 19.7. The first kappa shape index (κ1) is 21.1. The number of carboxylic acid groups (broad SMARTS) is 1. The molecule has 7 N–H and O–H groups in total. The molecule has 1 rings (SSSR count). The molecule has 1 aromatic carbocycles. The van der Waals surface area contributed by atoms with Gasteiger partial charge in [-0.15, -0.1) is 0 Å². The van der Waals surface area contributed by atoms with E-state index in [-0.39, 0.29) is 19.3 Å². The van der Waals surface area contributed by atoms with E-state index < -0.39 is 41.8 Å². The molecule has 3 atom stereocenters. The van der Waals surface area contributed by atoms with E-state index in [1.54, 1.807) is 30.3 Å². The molecule has 3 unspecified atom stereocenters. The van der Waals surface area contributed by atoms with Gasteiger partial charge in [0.15, 0.2) is 0 Å². The molecule has 0 fully saturated rings. The van der Waals surface area contributed by atoms with Crippen molar-refractivity contribution in [3.05, 3.63) is 35.9 Å². The Morgan fingerprint density at radius 1 is 1.08 bits per heavy atom. The van der Waals surface area contributed by atoms with Gasteiger partial charge in [0.25, 0.3) is 0 Å². The Hall–Kier alpha value is -2.94. The van der Waals surface area contributed by atoms with Crippen LogP contribution in [0.25, 0.3) is 0 Å². The zero-order valence-electron chi connectivity index (χ0n) is 14.5. The highest BCUT2D eigenvalue weighted by Gasteiger charge is 2.25.